The summed E-state index contributed by atoms with van der Waals surface area (Å²) in [6.07, 6.45) is 1.27. The van der Waals surface area contributed by atoms with Crippen LogP contribution in [0.2, 0.25) is 5.02 Å². The number of carbonyl (C=O) groups excluding carboxylic acids is 1. The van der Waals surface area contributed by atoms with E-state index in [1.165, 1.54) is 23.5 Å². The van der Waals surface area contributed by atoms with E-state index in [2.05, 4.69) is 17.4 Å². The molecule has 0 aliphatic carbocycles. The van der Waals surface area contributed by atoms with Crippen molar-refractivity contribution in [3.63, 3.8) is 0 Å². The van der Waals surface area contributed by atoms with Gasteiger partial charge in [-0.15, -0.1) is 23.5 Å². The molecule has 2 aromatic rings. The Hall–Kier alpha value is -1.30. The van der Waals surface area contributed by atoms with Crippen molar-refractivity contribution in [2.45, 2.75) is 17.9 Å². The molecule has 0 radical (unpaired) electrons. The SMILES string of the molecule is COc1cc(Cl)c(C)cc1NC(=O)c1ccc(C2SCCCS2)cc1. The van der Waals surface area contributed by atoms with Crippen molar-refractivity contribution < 1.29 is 9.53 Å². The summed E-state index contributed by atoms with van der Waals surface area (Å²) in [6, 6.07) is 11.4. The Labute approximate surface area is 161 Å². The van der Waals surface area contributed by atoms with E-state index in [1.807, 2.05) is 48.6 Å². The van der Waals surface area contributed by atoms with E-state index in [9.17, 15) is 4.79 Å². The highest BCUT2D eigenvalue weighted by Crippen LogP contribution is 2.43. The van der Waals surface area contributed by atoms with E-state index in [1.54, 1.807) is 13.2 Å². The largest absolute Gasteiger partial charge is 0.495 e. The second kappa shape index (κ2) is 8.39. The number of ether oxygens (including phenoxy) is 1. The van der Waals surface area contributed by atoms with Crippen molar-refractivity contribution in [3.8, 4) is 5.75 Å². The number of methoxy groups -OCH3 is 1. The first-order chi connectivity index (χ1) is 12.1. The fourth-order valence-corrected chi connectivity index (χ4v) is 5.64. The Morgan fingerprint density at radius 1 is 1.20 bits per heavy atom. The van der Waals surface area contributed by atoms with Gasteiger partial charge in [0.25, 0.3) is 5.91 Å². The molecule has 0 aromatic heterocycles. The zero-order chi connectivity index (χ0) is 17.8. The number of hydrogen-bond donors (Lipinski definition) is 1. The molecule has 6 heteroatoms. The third-order valence-corrected chi connectivity index (χ3v) is 7.42. The molecule has 0 spiro atoms. The molecule has 1 aliphatic rings. The van der Waals surface area contributed by atoms with Crippen molar-refractivity contribution >= 4 is 46.7 Å². The van der Waals surface area contributed by atoms with Crippen molar-refractivity contribution in [3.05, 3.63) is 58.1 Å². The Balaban J connectivity index is 1.74. The van der Waals surface area contributed by atoms with E-state index >= 15 is 0 Å². The highest BCUT2D eigenvalue weighted by molar-refractivity contribution is 8.16. The lowest BCUT2D eigenvalue weighted by Crippen LogP contribution is -2.13. The molecule has 0 bridgehead atoms. The number of anilines is 1. The molecule has 1 N–H and O–H groups in total. The number of rotatable bonds is 4. The number of amides is 1. The fraction of sp³-hybridized carbons (Fsp3) is 0.316. The maximum atomic E-state index is 12.6. The van der Waals surface area contributed by atoms with E-state index in [0.717, 1.165) is 5.56 Å². The predicted molar refractivity (Wildman–Crippen MR) is 109 cm³/mol. The monoisotopic (exact) mass is 393 g/mol. The molecule has 1 amide bonds. The first-order valence-electron chi connectivity index (χ1n) is 8.07. The lowest BCUT2D eigenvalue weighted by atomic mass is 10.1. The van der Waals surface area contributed by atoms with Crippen LogP contribution in [0.4, 0.5) is 5.69 Å². The minimum atomic E-state index is -0.157. The molecule has 1 aliphatic heterocycles. The van der Waals surface area contributed by atoms with Crippen molar-refractivity contribution in [2.24, 2.45) is 0 Å². The molecule has 1 fully saturated rings. The van der Waals surface area contributed by atoms with Gasteiger partial charge in [0.15, 0.2) is 0 Å². The van der Waals surface area contributed by atoms with Gasteiger partial charge in [-0.25, -0.2) is 0 Å². The second-order valence-electron chi connectivity index (χ2n) is 5.80. The molecule has 25 heavy (non-hydrogen) atoms. The van der Waals surface area contributed by atoms with Crippen LogP contribution in [-0.4, -0.2) is 24.5 Å². The lowest BCUT2D eigenvalue weighted by Gasteiger charge is -2.21. The van der Waals surface area contributed by atoms with E-state index < -0.39 is 0 Å². The van der Waals surface area contributed by atoms with Gasteiger partial charge in [-0.1, -0.05) is 23.7 Å². The standard InChI is InChI=1S/C19H20ClNO2S2/c1-12-10-16(17(23-2)11-15(12)20)21-18(22)13-4-6-14(7-5-13)19-24-8-3-9-25-19/h4-7,10-11,19H,3,8-9H2,1-2H3,(H,21,22). The van der Waals surface area contributed by atoms with Gasteiger partial charge in [0.05, 0.1) is 17.4 Å². The topological polar surface area (TPSA) is 38.3 Å². The number of hydrogen-bond acceptors (Lipinski definition) is 4. The summed E-state index contributed by atoms with van der Waals surface area (Å²) >= 11 is 10.1. The molecule has 3 rings (SSSR count). The first-order valence-corrected chi connectivity index (χ1v) is 10.5. The zero-order valence-corrected chi connectivity index (χ0v) is 16.6. The fourth-order valence-electron chi connectivity index (χ4n) is 2.60. The molecule has 0 atom stereocenters. The van der Waals surface area contributed by atoms with Gasteiger partial charge in [0.2, 0.25) is 0 Å². The Morgan fingerprint density at radius 2 is 1.88 bits per heavy atom. The summed E-state index contributed by atoms with van der Waals surface area (Å²) in [7, 11) is 1.56. The van der Waals surface area contributed by atoms with E-state index in [4.69, 9.17) is 16.3 Å². The van der Waals surface area contributed by atoms with Gasteiger partial charge < -0.3 is 10.1 Å². The third kappa shape index (κ3) is 4.46. The van der Waals surface area contributed by atoms with Crippen molar-refractivity contribution in [1.82, 2.24) is 0 Å². The summed E-state index contributed by atoms with van der Waals surface area (Å²) in [4.78, 5) is 12.6. The Kier molecular flexibility index (Phi) is 6.20. The van der Waals surface area contributed by atoms with Crippen molar-refractivity contribution in [1.29, 1.82) is 0 Å². The molecule has 1 heterocycles. The Bertz CT molecular complexity index is 759. The van der Waals surface area contributed by atoms with Crippen LogP contribution in [0.15, 0.2) is 36.4 Å². The van der Waals surface area contributed by atoms with E-state index in [0.29, 0.717) is 26.6 Å². The summed E-state index contributed by atoms with van der Waals surface area (Å²) < 4.78 is 5.79. The quantitative estimate of drug-likeness (QED) is 0.714. The normalized spacial score (nSPS) is 15.0. The van der Waals surface area contributed by atoms with Gasteiger partial charge in [-0.3, -0.25) is 4.79 Å². The highest BCUT2D eigenvalue weighted by atomic mass is 35.5. The van der Waals surface area contributed by atoms with Gasteiger partial charge in [-0.05, 0) is 54.2 Å². The maximum Gasteiger partial charge on any atom is 0.255 e. The number of benzene rings is 2. The average Bonchev–Trinajstić information content (AvgIpc) is 2.65. The molecular formula is C19H20ClNO2S2. The molecule has 132 valence electrons. The van der Waals surface area contributed by atoms with Crippen LogP contribution in [-0.2, 0) is 0 Å². The molecule has 1 saturated heterocycles. The van der Waals surface area contributed by atoms with Crippen LogP contribution in [0.3, 0.4) is 0 Å². The number of thioether (sulfide) groups is 2. The molecule has 0 saturated carbocycles. The van der Waals surface area contributed by atoms with Crippen LogP contribution in [0.5, 0.6) is 5.75 Å². The lowest BCUT2D eigenvalue weighted by molar-refractivity contribution is 0.102. The Morgan fingerprint density at radius 3 is 2.52 bits per heavy atom. The summed E-state index contributed by atoms with van der Waals surface area (Å²) in [5, 5.41) is 3.52. The number of halogens is 1. The van der Waals surface area contributed by atoms with Gasteiger partial charge in [0, 0.05) is 16.7 Å². The third-order valence-electron chi connectivity index (χ3n) is 4.00. The van der Waals surface area contributed by atoms with Crippen LogP contribution in [0, 0.1) is 6.92 Å². The second-order valence-corrected chi connectivity index (χ2v) is 8.94. The summed E-state index contributed by atoms with van der Waals surface area (Å²) in [5.41, 5.74) is 3.41. The molecule has 3 nitrogen and oxygen atoms in total. The van der Waals surface area contributed by atoms with Crippen LogP contribution < -0.4 is 10.1 Å². The van der Waals surface area contributed by atoms with E-state index in [-0.39, 0.29) is 5.91 Å². The first kappa shape index (κ1) is 18.5. The molecule has 0 unspecified atom stereocenters. The van der Waals surface area contributed by atoms with Crippen LogP contribution >= 0.6 is 35.1 Å². The maximum absolute atomic E-state index is 12.6. The van der Waals surface area contributed by atoms with Crippen LogP contribution in [0.1, 0.15) is 32.5 Å². The minimum absolute atomic E-state index is 0.157. The van der Waals surface area contributed by atoms with Gasteiger partial charge in [-0.2, -0.15) is 0 Å². The number of nitrogens with one attached hydrogen (secondary N) is 1. The number of carbonyl (C=O) groups is 1. The molecule has 2 aromatic carbocycles. The summed E-state index contributed by atoms with van der Waals surface area (Å²) in [5.74, 6) is 2.80. The summed E-state index contributed by atoms with van der Waals surface area (Å²) in [6.45, 7) is 1.89. The zero-order valence-electron chi connectivity index (χ0n) is 14.2. The molecular weight excluding hydrogens is 374 g/mol. The van der Waals surface area contributed by atoms with Gasteiger partial charge >= 0.3 is 0 Å². The van der Waals surface area contributed by atoms with Gasteiger partial charge in [0.1, 0.15) is 5.75 Å². The predicted octanol–water partition coefficient (Wildman–Crippen LogP) is 5.78. The van der Waals surface area contributed by atoms with Crippen LogP contribution in [0.25, 0.3) is 0 Å². The number of aryl methyl sites for hydroxylation is 1. The highest BCUT2D eigenvalue weighted by Gasteiger charge is 2.17. The van der Waals surface area contributed by atoms with Crippen molar-refractivity contribution in [2.75, 3.05) is 23.9 Å². The minimum Gasteiger partial charge on any atom is -0.495 e. The average molecular weight is 394 g/mol. The smallest absolute Gasteiger partial charge is 0.255 e.